The zero-order valence-corrected chi connectivity index (χ0v) is 5.79. The second-order valence-corrected chi connectivity index (χ2v) is 2.93. The molecule has 0 saturated carbocycles. The first-order valence-corrected chi connectivity index (χ1v) is 3.87. The van der Waals surface area contributed by atoms with E-state index in [9.17, 15) is 4.79 Å². The van der Waals surface area contributed by atoms with Crippen molar-refractivity contribution in [3.63, 3.8) is 0 Å². The van der Waals surface area contributed by atoms with Crippen molar-refractivity contribution in [2.24, 2.45) is 5.92 Å². The highest BCUT2D eigenvalue weighted by atomic mass is 32.2. The van der Waals surface area contributed by atoms with Gasteiger partial charge in [-0.1, -0.05) is 6.92 Å². The van der Waals surface area contributed by atoms with Crippen molar-refractivity contribution >= 4 is 17.7 Å². The van der Waals surface area contributed by atoms with Crippen LogP contribution in [0, 0.1) is 5.92 Å². The van der Waals surface area contributed by atoms with E-state index in [1.807, 2.05) is 13.2 Å². The smallest absolute Gasteiger partial charge is 0.226 e. The molecule has 0 unspecified atom stereocenters. The van der Waals surface area contributed by atoms with Gasteiger partial charge in [-0.15, -0.1) is 11.8 Å². The van der Waals surface area contributed by atoms with Crippen LogP contribution in [-0.4, -0.2) is 17.5 Å². The quantitative estimate of drug-likeness (QED) is 0.523. The van der Waals surface area contributed by atoms with E-state index in [4.69, 9.17) is 0 Å². The van der Waals surface area contributed by atoms with E-state index >= 15 is 0 Å². The molecule has 1 aliphatic heterocycles. The molecule has 1 heterocycles. The Morgan fingerprint density at radius 2 is 2.38 bits per heavy atom. The number of rotatable bonds is 1. The highest BCUT2D eigenvalue weighted by Gasteiger charge is 2.33. The molecule has 3 heteroatoms. The summed E-state index contributed by atoms with van der Waals surface area (Å²) >= 11 is 1.69. The third-order valence-corrected chi connectivity index (χ3v) is 2.44. The van der Waals surface area contributed by atoms with Gasteiger partial charge in [0.25, 0.3) is 0 Å². The highest BCUT2D eigenvalue weighted by Crippen LogP contribution is 2.21. The predicted molar refractivity (Wildman–Crippen MR) is 34.6 cm³/mol. The molecule has 2 atom stereocenters. The first-order valence-electron chi connectivity index (χ1n) is 2.59. The minimum atomic E-state index is 0.185. The zero-order chi connectivity index (χ0) is 6.15. The molecule has 1 saturated heterocycles. The number of β-lactam (4-membered cyclic amide) rings is 1. The van der Waals surface area contributed by atoms with Gasteiger partial charge in [0.05, 0.1) is 11.3 Å². The lowest BCUT2D eigenvalue weighted by atomic mass is 10.1. The van der Waals surface area contributed by atoms with Crippen LogP contribution in [-0.2, 0) is 4.79 Å². The summed E-state index contributed by atoms with van der Waals surface area (Å²) in [4.78, 5) is 10.5. The molecule has 0 bridgehead atoms. The molecular formula is C5H9NOS. The summed E-state index contributed by atoms with van der Waals surface area (Å²) in [6, 6.07) is 0. The normalized spacial score (nSPS) is 36.0. The number of hydrogen-bond acceptors (Lipinski definition) is 2. The molecule has 1 fully saturated rings. The minimum Gasteiger partial charge on any atom is -0.343 e. The van der Waals surface area contributed by atoms with Crippen LogP contribution in [0.5, 0.6) is 0 Å². The van der Waals surface area contributed by atoms with Crippen LogP contribution < -0.4 is 5.32 Å². The van der Waals surface area contributed by atoms with Crippen molar-refractivity contribution < 1.29 is 4.79 Å². The molecule has 0 aromatic carbocycles. The average Bonchev–Trinajstić information content (AvgIpc) is 1.81. The molecule has 0 spiro atoms. The maximum Gasteiger partial charge on any atom is 0.226 e. The molecule has 1 rings (SSSR count). The molecule has 1 N–H and O–H groups in total. The van der Waals surface area contributed by atoms with Crippen LogP contribution in [0.4, 0.5) is 0 Å². The Labute approximate surface area is 53.0 Å². The van der Waals surface area contributed by atoms with Crippen molar-refractivity contribution in [1.82, 2.24) is 5.32 Å². The lowest BCUT2D eigenvalue weighted by molar-refractivity contribution is -0.131. The number of amides is 1. The second-order valence-electron chi connectivity index (χ2n) is 1.95. The topological polar surface area (TPSA) is 29.1 Å². The van der Waals surface area contributed by atoms with E-state index in [1.54, 1.807) is 11.8 Å². The highest BCUT2D eigenvalue weighted by molar-refractivity contribution is 7.99. The fourth-order valence-electron chi connectivity index (χ4n) is 0.701. The van der Waals surface area contributed by atoms with Gasteiger partial charge in [0.1, 0.15) is 0 Å². The predicted octanol–water partition coefficient (Wildman–Crippen LogP) is 0.441. The van der Waals surface area contributed by atoms with Crippen molar-refractivity contribution in [2.45, 2.75) is 12.3 Å². The van der Waals surface area contributed by atoms with Gasteiger partial charge in [0, 0.05) is 0 Å². The number of hydrogen-bond donors (Lipinski definition) is 1. The molecule has 2 nitrogen and oxygen atoms in total. The van der Waals surface area contributed by atoms with Gasteiger partial charge in [-0.3, -0.25) is 4.79 Å². The zero-order valence-electron chi connectivity index (χ0n) is 4.97. The molecule has 0 radical (unpaired) electrons. The van der Waals surface area contributed by atoms with Crippen LogP contribution >= 0.6 is 11.8 Å². The summed E-state index contributed by atoms with van der Waals surface area (Å²) in [5.74, 6) is 0.411. The van der Waals surface area contributed by atoms with E-state index in [-0.39, 0.29) is 11.8 Å². The Balaban J connectivity index is 2.35. The van der Waals surface area contributed by atoms with Crippen LogP contribution in [0.15, 0.2) is 0 Å². The first kappa shape index (κ1) is 5.95. The largest absolute Gasteiger partial charge is 0.343 e. The molecule has 0 aromatic heterocycles. The van der Waals surface area contributed by atoms with Gasteiger partial charge in [-0.25, -0.2) is 0 Å². The maximum atomic E-state index is 10.5. The van der Waals surface area contributed by atoms with Gasteiger partial charge < -0.3 is 5.32 Å². The van der Waals surface area contributed by atoms with Crippen LogP contribution in [0.25, 0.3) is 0 Å². The lowest BCUT2D eigenvalue weighted by Crippen LogP contribution is -2.54. The molecule has 1 aliphatic rings. The maximum absolute atomic E-state index is 10.5. The fourth-order valence-corrected chi connectivity index (χ4v) is 1.47. The summed E-state index contributed by atoms with van der Waals surface area (Å²) in [5, 5.41) is 3.14. The van der Waals surface area contributed by atoms with Gasteiger partial charge in [-0.2, -0.15) is 0 Å². The van der Waals surface area contributed by atoms with E-state index in [0.29, 0.717) is 5.37 Å². The lowest BCUT2D eigenvalue weighted by Gasteiger charge is -2.32. The fraction of sp³-hybridized carbons (Fsp3) is 0.800. The van der Waals surface area contributed by atoms with E-state index in [2.05, 4.69) is 5.32 Å². The van der Waals surface area contributed by atoms with E-state index < -0.39 is 0 Å². The number of thioether (sulfide) groups is 1. The molecule has 0 aliphatic carbocycles. The van der Waals surface area contributed by atoms with Gasteiger partial charge >= 0.3 is 0 Å². The van der Waals surface area contributed by atoms with Crippen LogP contribution in [0.2, 0.25) is 0 Å². The molecule has 1 amide bonds. The molecule has 0 aromatic rings. The Morgan fingerprint density at radius 1 is 1.75 bits per heavy atom. The minimum absolute atomic E-state index is 0.185. The summed E-state index contributed by atoms with van der Waals surface area (Å²) in [6.45, 7) is 1.94. The third kappa shape index (κ3) is 0.708. The van der Waals surface area contributed by atoms with E-state index in [1.165, 1.54) is 0 Å². The van der Waals surface area contributed by atoms with Crippen LogP contribution in [0.3, 0.4) is 0 Å². The number of carbonyl (C=O) groups is 1. The van der Waals surface area contributed by atoms with Crippen molar-refractivity contribution in [2.75, 3.05) is 6.26 Å². The van der Waals surface area contributed by atoms with Crippen molar-refractivity contribution in [3.05, 3.63) is 0 Å². The van der Waals surface area contributed by atoms with Crippen molar-refractivity contribution in [1.29, 1.82) is 0 Å². The SMILES string of the molecule is CS[C@@H]1NC(=O)[C@H]1C. The summed E-state index contributed by atoms with van der Waals surface area (Å²) in [5.41, 5.74) is 0. The molecule has 46 valence electrons. The Morgan fingerprint density at radius 3 is 2.50 bits per heavy atom. The Bertz CT molecular complexity index is 115. The number of carbonyl (C=O) groups excluding carboxylic acids is 1. The third-order valence-electron chi connectivity index (χ3n) is 1.41. The average molecular weight is 131 g/mol. The summed E-state index contributed by atoms with van der Waals surface area (Å²) in [7, 11) is 0. The Hall–Kier alpha value is -0.180. The summed E-state index contributed by atoms with van der Waals surface area (Å²) < 4.78 is 0. The van der Waals surface area contributed by atoms with Gasteiger partial charge in [-0.05, 0) is 6.26 Å². The standard InChI is InChI=1S/C5H9NOS/c1-3-4(7)6-5(3)8-2/h3,5H,1-2H3,(H,6,7)/t3-,5+/m1/s1. The van der Waals surface area contributed by atoms with E-state index in [0.717, 1.165) is 0 Å². The molecule has 8 heavy (non-hydrogen) atoms. The Kier molecular flexibility index (Phi) is 1.47. The van der Waals surface area contributed by atoms with Gasteiger partial charge in [0.15, 0.2) is 0 Å². The van der Waals surface area contributed by atoms with Crippen molar-refractivity contribution in [3.8, 4) is 0 Å². The monoisotopic (exact) mass is 131 g/mol. The van der Waals surface area contributed by atoms with Gasteiger partial charge in [0.2, 0.25) is 5.91 Å². The first-order chi connectivity index (χ1) is 3.75. The second kappa shape index (κ2) is 1.97. The van der Waals surface area contributed by atoms with Crippen LogP contribution in [0.1, 0.15) is 6.92 Å². The number of nitrogens with one attached hydrogen (secondary N) is 1. The molecular weight excluding hydrogens is 122 g/mol. The summed E-state index contributed by atoms with van der Waals surface area (Å²) in [6.07, 6.45) is 2.00.